The molecule has 4 N–H and O–H groups in total. The van der Waals surface area contributed by atoms with Gasteiger partial charge >= 0.3 is 12.0 Å². The van der Waals surface area contributed by atoms with E-state index in [2.05, 4.69) is 15.5 Å². The predicted octanol–water partition coefficient (Wildman–Crippen LogP) is -2.01. The Labute approximate surface area is 39.0 Å². The van der Waals surface area contributed by atoms with E-state index in [0.29, 0.717) is 0 Å². The van der Waals surface area contributed by atoms with Gasteiger partial charge < -0.3 is 10.2 Å². The summed E-state index contributed by atoms with van der Waals surface area (Å²) in [5.41, 5.74) is 4.28. The van der Waals surface area contributed by atoms with Crippen molar-refractivity contribution in [3.63, 3.8) is 0 Å². The maximum Gasteiger partial charge on any atom is 0.518 e. The van der Waals surface area contributed by atoms with Crippen molar-refractivity contribution < 1.29 is 10.2 Å². The number of hydrogen-bond donors (Lipinski definition) is 4. The highest BCUT2D eigenvalue weighted by Crippen LogP contribution is 1.55. The molecule has 0 spiro atoms. The van der Waals surface area contributed by atoms with Crippen molar-refractivity contribution in [3.05, 3.63) is 0 Å². The van der Waals surface area contributed by atoms with E-state index < -0.39 is 0 Å². The van der Waals surface area contributed by atoms with Gasteiger partial charge in [0.2, 0.25) is 0 Å². The largest absolute Gasteiger partial charge is 0.518 e. The molecule has 0 saturated heterocycles. The van der Waals surface area contributed by atoms with Crippen molar-refractivity contribution in [2.24, 2.45) is 0 Å². The minimum absolute atomic E-state index is 0.322. The predicted molar refractivity (Wildman–Crippen MR) is 23.7 cm³/mol. The van der Waals surface area contributed by atoms with E-state index in [-0.39, 0.29) is 12.0 Å². The molecule has 1 heterocycles. The van der Waals surface area contributed by atoms with Crippen LogP contribution in [0.3, 0.4) is 0 Å². The monoisotopic (exact) mass is 102 g/mol. The molecule has 0 aliphatic carbocycles. The Morgan fingerprint density at radius 3 is 1.71 bits per heavy atom. The molecule has 0 fully saturated rings. The van der Waals surface area contributed by atoms with Crippen LogP contribution in [0.4, 0.5) is 0 Å². The van der Waals surface area contributed by atoms with Gasteiger partial charge in [-0.3, -0.25) is 0 Å². The van der Waals surface area contributed by atoms with Gasteiger partial charge in [-0.25, -0.2) is 0 Å². The topological polar surface area (TPSA) is 78.6 Å². The zero-order chi connectivity index (χ0) is 5.28. The van der Waals surface area contributed by atoms with Crippen LogP contribution in [0, 0.1) is 0 Å². The fourth-order valence-corrected chi connectivity index (χ4v) is 0.268. The highest BCUT2D eigenvalue weighted by Gasteiger charge is 2.14. The van der Waals surface area contributed by atoms with Gasteiger partial charge in [0.1, 0.15) is 0 Å². The molecule has 0 radical (unpaired) electrons. The average molecular weight is 102 g/mol. The molecule has 0 aromatic rings. The van der Waals surface area contributed by atoms with Crippen LogP contribution < -0.4 is 15.5 Å². The number of aliphatic hydroxyl groups is 2. The summed E-state index contributed by atoms with van der Waals surface area (Å²) >= 11 is 0. The second-order valence-electron chi connectivity index (χ2n) is 1.01. The Bertz CT molecular complexity index is 131. The van der Waals surface area contributed by atoms with E-state index in [1.165, 1.54) is 0 Å². The molecule has 0 unspecified atom stereocenters. The van der Waals surface area contributed by atoms with Crippen LogP contribution in [0.15, 0.2) is 0 Å². The molecule has 7 heavy (non-hydrogen) atoms. The first-order valence-corrected chi connectivity index (χ1v) is 1.64. The third kappa shape index (κ3) is 0.558. The van der Waals surface area contributed by atoms with Crippen molar-refractivity contribution in [1.82, 2.24) is 15.5 Å². The number of nitrogens with zero attached hydrogens (tertiary/aromatic N) is 1. The van der Waals surface area contributed by atoms with Gasteiger partial charge in [-0.1, -0.05) is 0 Å². The van der Waals surface area contributed by atoms with Gasteiger partial charge in [-0.2, -0.15) is 4.67 Å². The maximum atomic E-state index is 8.30. The summed E-state index contributed by atoms with van der Waals surface area (Å²) < 4.78 is 3.11. The molecule has 0 bridgehead atoms. The smallest absolute Gasteiger partial charge is 0.444 e. The summed E-state index contributed by atoms with van der Waals surface area (Å²) in [6, 6.07) is -0.644. The first kappa shape index (κ1) is 3.83. The summed E-state index contributed by atoms with van der Waals surface area (Å²) in [7, 11) is 0. The van der Waals surface area contributed by atoms with Gasteiger partial charge in [-0.05, 0) is 0 Å². The molecule has 0 aromatic carbocycles. The second kappa shape index (κ2) is 1.06. The van der Waals surface area contributed by atoms with Crippen molar-refractivity contribution in [1.29, 1.82) is 0 Å². The lowest BCUT2D eigenvalue weighted by Crippen LogP contribution is -2.34. The molecular formula is C2H4N3O2+. The lowest BCUT2D eigenvalue weighted by Gasteiger charge is -1.76. The van der Waals surface area contributed by atoms with Crippen LogP contribution in [0.5, 0.6) is 0 Å². The van der Waals surface area contributed by atoms with Crippen LogP contribution in [-0.2, 0) is 0 Å². The molecule has 0 aromatic heterocycles. The molecule has 1 aliphatic rings. The van der Waals surface area contributed by atoms with Gasteiger partial charge in [0.25, 0.3) is 0 Å². The Morgan fingerprint density at radius 2 is 1.57 bits per heavy atom. The van der Waals surface area contributed by atoms with Crippen LogP contribution in [0.1, 0.15) is 0 Å². The van der Waals surface area contributed by atoms with E-state index >= 15 is 0 Å². The number of hydrazine groups is 1. The Balaban J connectivity index is 2.81. The van der Waals surface area contributed by atoms with Gasteiger partial charge in [0.15, 0.2) is 0 Å². The number of nitrogens with one attached hydrogen (secondary N) is 2. The van der Waals surface area contributed by atoms with E-state index in [4.69, 9.17) is 10.2 Å². The zero-order valence-electron chi connectivity index (χ0n) is 3.34. The number of rotatable bonds is 0. The fourth-order valence-electron chi connectivity index (χ4n) is 0.268. The Kier molecular flexibility index (Phi) is 0.579. The van der Waals surface area contributed by atoms with E-state index in [9.17, 15) is 0 Å². The van der Waals surface area contributed by atoms with Crippen molar-refractivity contribution in [2.45, 2.75) is 0 Å². The zero-order valence-corrected chi connectivity index (χ0v) is 3.34. The lowest BCUT2D eigenvalue weighted by molar-refractivity contribution is 0.495. The van der Waals surface area contributed by atoms with Crippen molar-refractivity contribution >= 4 is 12.0 Å². The molecule has 0 atom stereocenters. The van der Waals surface area contributed by atoms with Crippen molar-refractivity contribution in [2.75, 3.05) is 0 Å². The van der Waals surface area contributed by atoms with E-state index in [1.807, 2.05) is 0 Å². The highest BCUT2D eigenvalue weighted by atomic mass is 16.3. The summed E-state index contributed by atoms with van der Waals surface area (Å²) in [6.07, 6.45) is 0. The molecular weight excluding hydrogens is 98.0 g/mol. The second-order valence-corrected chi connectivity index (χ2v) is 1.01. The lowest BCUT2D eigenvalue weighted by atomic mass is 11.2. The fraction of sp³-hybridized carbons (Fsp3) is 0. The summed E-state index contributed by atoms with van der Waals surface area (Å²) in [5.74, 6) is 0. The van der Waals surface area contributed by atoms with Crippen LogP contribution in [0.25, 0.3) is 0 Å². The molecule has 5 heteroatoms. The SMILES string of the molecule is OC1=[N+]=C(O)NN1. The van der Waals surface area contributed by atoms with Gasteiger partial charge in [0.05, 0.1) is 0 Å². The summed E-state index contributed by atoms with van der Waals surface area (Å²) in [5, 5.41) is 16.6. The molecule has 1 aliphatic heterocycles. The highest BCUT2D eigenvalue weighted by molar-refractivity contribution is 5.85. The molecule has 38 valence electrons. The maximum absolute atomic E-state index is 8.30. The quantitative estimate of drug-likeness (QED) is 0.266. The molecule has 0 amide bonds. The molecule has 1 rings (SSSR count). The van der Waals surface area contributed by atoms with Crippen LogP contribution in [0.2, 0.25) is 0 Å². The third-order valence-electron chi connectivity index (χ3n) is 0.498. The van der Waals surface area contributed by atoms with Gasteiger partial charge in [0, 0.05) is 0 Å². The number of aliphatic hydroxyl groups excluding tert-OH is 2. The average Bonchev–Trinajstić information content (AvgIpc) is 1.87. The minimum Gasteiger partial charge on any atom is -0.444 e. The molecule has 5 nitrogen and oxygen atoms in total. The Morgan fingerprint density at radius 1 is 1.14 bits per heavy atom. The standard InChI is InChI=1S/C2H3N3O2/c6-1-3-2(7)5-4-1/h(H3,3,4,5,6,7)/p+1. The van der Waals surface area contributed by atoms with Crippen LogP contribution in [-0.4, -0.2) is 22.3 Å². The number of amidine groups is 2. The molecule has 0 saturated carbocycles. The first-order valence-electron chi connectivity index (χ1n) is 1.64. The minimum atomic E-state index is -0.322. The normalized spacial score (nSPS) is 16.6. The number of hydrogen-bond acceptors (Lipinski definition) is 2. The summed E-state index contributed by atoms with van der Waals surface area (Å²) in [4.78, 5) is 0. The Hall–Kier alpha value is -1.35. The van der Waals surface area contributed by atoms with E-state index in [0.717, 1.165) is 0 Å². The van der Waals surface area contributed by atoms with Crippen LogP contribution >= 0.6 is 0 Å². The first-order chi connectivity index (χ1) is 3.29. The van der Waals surface area contributed by atoms with E-state index in [1.54, 1.807) is 0 Å². The van der Waals surface area contributed by atoms with Gasteiger partial charge in [-0.15, -0.1) is 10.9 Å². The van der Waals surface area contributed by atoms with Crippen molar-refractivity contribution in [3.8, 4) is 0 Å². The third-order valence-corrected chi connectivity index (χ3v) is 0.498. The summed E-state index contributed by atoms with van der Waals surface area (Å²) in [6.45, 7) is 0.